The number of nitrogens with one attached hydrogen (secondary N) is 1. The Kier molecular flexibility index (Phi) is 4.80. The molecule has 0 aromatic heterocycles. The number of nitrogens with zero attached hydrogens (tertiary/aromatic N) is 2. The van der Waals surface area contributed by atoms with E-state index in [-0.39, 0.29) is 23.7 Å². The van der Waals surface area contributed by atoms with Crippen LogP contribution in [0.1, 0.15) is 25.7 Å². The fourth-order valence-corrected chi connectivity index (χ4v) is 3.22. The Hall–Kier alpha value is -1.10. The number of rotatable bonds is 2. The van der Waals surface area contributed by atoms with Gasteiger partial charge in [-0.3, -0.25) is 9.59 Å². The molecule has 2 atom stereocenters. The van der Waals surface area contributed by atoms with Crippen LogP contribution in [0.2, 0.25) is 0 Å². The molecule has 5 nitrogen and oxygen atoms in total. The fraction of sp³-hybridized carbons (Fsp3) is 0.857. The normalized spacial score (nSPS) is 29.1. The summed E-state index contributed by atoms with van der Waals surface area (Å²) in [4.78, 5) is 28.4. The highest BCUT2D eigenvalue weighted by atomic mass is 16.2. The van der Waals surface area contributed by atoms with E-state index in [1.165, 1.54) is 0 Å². The standard InChI is InChI=1S/C14H25N3O2/c1-15-13(18)11-5-4-8-17(10-11)14(19)12-6-3-7-16(2)9-12/h11-12H,3-10H2,1-2H3,(H,15,18)/t11-,12+/m0/s1. The molecule has 0 saturated carbocycles. The van der Waals surface area contributed by atoms with Crippen molar-refractivity contribution in [3.05, 3.63) is 0 Å². The molecule has 0 aromatic rings. The summed E-state index contributed by atoms with van der Waals surface area (Å²) in [6.45, 7) is 3.36. The monoisotopic (exact) mass is 267 g/mol. The average Bonchev–Trinajstić information content (AvgIpc) is 2.45. The van der Waals surface area contributed by atoms with Crippen LogP contribution >= 0.6 is 0 Å². The molecule has 2 heterocycles. The van der Waals surface area contributed by atoms with Gasteiger partial charge in [-0.05, 0) is 39.3 Å². The molecule has 1 N–H and O–H groups in total. The maximum atomic E-state index is 12.5. The molecule has 0 unspecified atom stereocenters. The van der Waals surface area contributed by atoms with Crippen molar-refractivity contribution in [2.24, 2.45) is 11.8 Å². The molecule has 0 bridgehead atoms. The zero-order valence-electron chi connectivity index (χ0n) is 12.0. The third-order valence-corrected chi connectivity index (χ3v) is 4.32. The van der Waals surface area contributed by atoms with Crippen molar-refractivity contribution in [2.45, 2.75) is 25.7 Å². The Morgan fingerprint density at radius 1 is 1.05 bits per heavy atom. The lowest BCUT2D eigenvalue weighted by atomic mass is 9.93. The van der Waals surface area contributed by atoms with E-state index in [9.17, 15) is 9.59 Å². The predicted molar refractivity (Wildman–Crippen MR) is 73.6 cm³/mol. The van der Waals surface area contributed by atoms with Crippen molar-refractivity contribution < 1.29 is 9.59 Å². The summed E-state index contributed by atoms with van der Waals surface area (Å²) in [5.74, 6) is 0.421. The first-order chi connectivity index (χ1) is 9.11. The molecule has 2 aliphatic heterocycles. The first-order valence-corrected chi connectivity index (χ1v) is 7.30. The molecule has 0 spiro atoms. The van der Waals surface area contributed by atoms with E-state index in [1.807, 2.05) is 4.90 Å². The Balaban J connectivity index is 1.93. The van der Waals surface area contributed by atoms with Gasteiger partial charge in [-0.25, -0.2) is 0 Å². The molecule has 2 saturated heterocycles. The summed E-state index contributed by atoms with van der Waals surface area (Å²) in [6.07, 6.45) is 3.92. The SMILES string of the molecule is CNC(=O)[C@H]1CCCN(C(=O)[C@@H]2CCCN(C)C2)C1. The number of amides is 2. The second-order valence-corrected chi connectivity index (χ2v) is 5.84. The van der Waals surface area contributed by atoms with E-state index in [0.717, 1.165) is 45.3 Å². The molecule has 0 aromatic carbocycles. The van der Waals surface area contributed by atoms with E-state index < -0.39 is 0 Å². The molecule has 2 amide bonds. The molecule has 0 aliphatic carbocycles. The number of piperidine rings is 2. The van der Waals surface area contributed by atoms with Crippen molar-refractivity contribution in [3.63, 3.8) is 0 Å². The first kappa shape index (κ1) is 14.3. The number of hydrogen-bond acceptors (Lipinski definition) is 3. The van der Waals surface area contributed by atoms with E-state index in [4.69, 9.17) is 0 Å². The lowest BCUT2D eigenvalue weighted by Gasteiger charge is -2.37. The van der Waals surface area contributed by atoms with Crippen molar-refractivity contribution in [1.82, 2.24) is 15.1 Å². The first-order valence-electron chi connectivity index (χ1n) is 7.30. The van der Waals surface area contributed by atoms with Crippen molar-refractivity contribution in [3.8, 4) is 0 Å². The van der Waals surface area contributed by atoms with Gasteiger partial charge in [0.05, 0.1) is 11.8 Å². The van der Waals surface area contributed by atoms with Crippen molar-refractivity contribution in [1.29, 1.82) is 0 Å². The second kappa shape index (κ2) is 6.37. The van der Waals surface area contributed by atoms with E-state index in [2.05, 4.69) is 17.3 Å². The smallest absolute Gasteiger partial charge is 0.226 e. The minimum Gasteiger partial charge on any atom is -0.359 e. The summed E-state index contributed by atoms with van der Waals surface area (Å²) >= 11 is 0. The number of carbonyl (C=O) groups excluding carboxylic acids is 2. The number of carbonyl (C=O) groups is 2. The van der Waals surface area contributed by atoms with Gasteiger partial charge in [0, 0.05) is 26.7 Å². The molecule has 108 valence electrons. The molecule has 19 heavy (non-hydrogen) atoms. The van der Waals surface area contributed by atoms with Crippen LogP contribution in [0.25, 0.3) is 0 Å². The highest BCUT2D eigenvalue weighted by molar-refractivity contribution is 5.82. The maximum Gasteiger partial charge on any atom is 0.226 e. The topological polar surface area (TPSA) is 52.7 Å². The van der Waals surface area contributed by atoms with Crippen LogP contribution in [0.3, 0.4) is 0 Å². The van der Waals surface area contributed by atoms with Gasteiger partial charge in [0.1, 0.15) is 0 Å². The molecular formula is C14H25N3O2. The minimum atomic E-state index is -0.0241. The minimum absolute atomic E-state index is 0.0241. The van der Waals surface area contributed by atoms with Crippen LogP contribution in [-0.4, -0.2) is 61.9 Å². The summed E-state index contributed by atoms with van der Waals surface area (Å²) in [5.41, 5.74) is 0. The molecule has 2 rings (SSSR count). The van der Waals surface area contributed by atoms with Crippen molar-refractivity contribution >= 4 is 11.8 Å². The van der Waals surface area contributed by atoms with Crippen LogP contribution in [-0.2, 0) is 9.59 Å². The van der Waals surface area contributed by atoms with Crippen LogP contribution in [0.15, 0.2) is 0 Å². The van der Waals surface area contributed by atoms with Gasteiger partial charge in [-0.1, -0.05) is 0 Å². The van der Waals surface area contributed by atoms with E-state index >= 15 is 0 Å². The lowest BCUT2D eigenvalue weighted by molar-refractivity contribution is -0.140. The lowest BCUT2D eigenvalue weighted by Crippen LogP contribution is -2.49. The molecular weight excluding hydrogens is 242 g/mol. The van der Waals surface area contributed by atoms with Crippen LogP contribution in [0.4, 0.5) is 0 Å². The highest BCUT2D eigenvalue weighted by Gasteiger charge is 2.32. The summed E-state index contributed by atoms with van der Waals surface area (Å²) in [6, 6.07) is 0. The van der Waals surface area contributed by atoms with Gasteiger partial charge < -0.3 is 15.1 Å². The van der Waals surface area contributed by atoms with Crippen LogP contribution in [0.5, 0.6) is 0 Å². The largest absolute Gasteiger partial charge is 0.359 e. The molecule has 2 aliphatic rings. The summed E-state index contributed by atoms with van der Waals surface area (Å²) in [5, 5.41) is 2.70. The Morgan fingerprint density at radius 2 is 1.74 bits per heavy atom. The zero-order chi connectivity index (χ0) is 13.8. The van der Waals surface area contributed by atoms with Gasteiger partial charge in [0.25, 0.3) is 0 Å². The average molecular weight is 267 g/mol. The summed E-state index contributed by atoms with van der Waals surface area (Å²) < 4.78 is 0. The van der Waals surface area contributed by atoms with E-state index in [1.54, 1.807) is 7.05 Å². The van der Waals surface area contributed by atoms with Crippen LogP contribution in [0, 0.1) is 11.8 Å². The van der Waals surface area contributed by atoms with Gasteiger partial charge in [0.2, 0.25) is 11.8 Å². The van der Waals surface area contributed by atoms with Crippen LogP contribution < -0.4 is 5.32 Å². The zero-order valence-corrected chi connectivity index (χ0v) is 12.0. The third kappa shape index (κ3) is 3.47. The predicted octanol–water partition coefficient (Wildman–Crippen LogP) is 0.313. The Morgan fingerprint density at radius 3 is 2.42 bits per heavy atom. The maximum absolute atomic E-state index is 12.5. The molecule has 2 fully saturated rings. The quantitative estimate of drug-likeness (QED) is 0.783. The van der Waals surface area contributed by atoms with E-state index in [0.29, 0.717) is 6.54 Å². The summed E-state index contributed by atoms with van der Waals surface area (Å²) in [7, 11) is 3.74. The van der Waals surface area contributed by atoms with Crippen molar-refractivity contribution in [2.75, 3.05) is 40.3 Å². The second-order valence-electron chi connectivity index (χ2n) is 5.84. The van der Waals surface area contributed by atoms with Gasteiger partial charge in [-0.2, -0.15) is 0 Å². The van der Waals surface area contributed by atoms with Gasteiger partial charge in [0.15, 0.2) is 0 Å². The van der Waals surface area contributed by atoms with Gasteiger partial charge >= 0.3 is 0 Å². The third-order valence-electron chi connectivity index (χ3n) is 4.32. The Labute approximate surface area is 115 Å². The highest BCUT2D eigenvalue weighted by Crippen LogP contribution is 2.22. The molecule has 5 heteroatoms. The Bertz CT molecular complexity index is 346. The number of hydrogen-bond donors (Lipinski definition) is 1. The number of likely N-dealkylation sites (tertiary alicyclic amines) is 2. The fourth-order valence-electron chi connectivity index (χ4n) is 3.22. The molecule has 0 radical (unpaired) electrons. The van der Waals surface area contributed by atoms with Gasteiger partial charge in [-0.15, -0.1) is 0 Å².